The number of hydrogen-bond acceptors (Lipinski definition) is 5. The van der Waals surface area contributed by atoms with E-state index in [1.165, 1.54) is 30.5 Å². The average molecular weight is 343 g/mol. The lowest BCUT2D eigenvalue weighted by Gasteiger charge is -2.06. The fourth-order valence-electron chi connectivity index (χ4n) is 1.74. The van der Waals surface area contributed by atoms with Crippen LogP contribution in [0.1, 0.15) is 0 Å². The van der Waals surface area contributed by atoms with Gasteiger partial charge in [-0.15, -0.1) is 0 Å². The van der Waals surface area contributed by atoms with E-state index in [-0.39, 0.29) is 11.3 Å². The largest absolute Gasteiger partial charge is 0.360 e. The van der Waals surface area contributed by atoms with Crippen molar-refractivity contribution in [3.63, 3.8) is 0 Å². The summed E-state index contributed by atoms with van der Waals surface area (Å²) in [6.07, 6.45) is 1.22. The van der Waals surface area contributed by atoms with Crippen LogP contribution in [0.2, 0.25) is 5.02 Å². The number of hydrogen-bond donors (Lipinski definition) is 2. The van der Waals surface area contributed by atoms with Gasteiger partial charge in [-0.25, -0.2) is 0 Å². The molecule has 24 heavy (non-hydrogen) atoms. The molecule has 0 spiro atoms. The van der Waals surface area contributed by atoms with Gasteiger partial charge in [0.05, 0.1) is 15.6 Å². The second-order valence-corrected chi connectivity index (χ2v) is 4.96. The van der Waals surface area contributed by atoms with Crippen molar-refractivity contribution in [2.24, 2.45) is 0 Å². The molecule has 0 unspecified atom stereocenters. The molecule has 0 aliphatic carbocycles. The Bertz CT molecular complexity index is 841. The Kier molecular flexibility index (Phi) is 5.49. The van der Waals surface area contributed by atoms with Gasteiger partial charge in [-0.2, -0.15) is 5.26 Å². The van der Waals surface area contributed by atoms with Crippen LogP contribution in [0, 0.1) is 21.4 Å². The van der Waals surface area contributed by atoms with Crippen LogP contribution in [0.4, 0.5) is 17.1 Å². The molecular formula is C16H11ClN4O3. The Balaban J connectivity index is 2.08. The number of benzene rings is 2. The lowest BCUT2D eigenvalue weighted by Crippen LogP contribution is -2.14. The fraction of sp³-hybridized carbons (Fsp3) is 0. The number of nitro benzene ring substituents is 1. The van der Waals surface area contributed by atoms with E-state index in [0.29, 0.717) is 16.4 Å². The van der Waals surface area contributed by atoms with Gasteiger partial charge in [0.25, 0.3) is 11.6 Å². The quantitative estimate of drug-likeness (QED) is 0.372. The molecule has 8 heteroatoms. The molecule has 120 valence electrons. The van der Waals surface area contributed by atoms with Gasteiger partial charge < -0.3 is 10.6 Å². The summed E-state index contributed by atoms with van der Waals surface area (Å²) in [5.74, 6) is -0.625. The molecule has 7 nitrogen and oxygen atoms in total. The van der Waals surface area contributed by atoms with E-state index in [1.807, 2.05) is 0 Å². The molecule has 0 saturated carbocycles. The number of amides is 1. The first kappa shape index (κ1) is 17.0. The predicted octanol–water partition coefficient (Wildman–Crippen LogP) is 3.71. The summed E-state index contributed by atoms with van der Waals surface area (Å²) in [5, 5.41) is 25.3. The van der Waals surface area contributed by atoms with Crippen molar-refractivity contribution in [2.75, 3.05) is 10.6 Å². The summed E-state index contributed by atoms with van der Waals surface area (Å²) >= 11 is 5.94. The topological polar surface area (TPSA) is 108 Å². The Morgan fingerprint density at radius 3 is 2.46 bits per heavy atom. The highest BCUT2D eigenvalue weighted by Gasteiger charge is 2.11. The van der Waals surface area contributed by atoms with Crippen LogP contribution in [0.25, 0.3) is 0 Å². The summed E-state index contributed by atoms with van der Waals surface area (Å²) in [5.41, 5.74) is 0.661. The SMILES string of the molecule is N#C/C(=C/Nc1ccc([N+](=O)[O-])cc1)C(=O)Nc1ccccc1Cl. The van der Waals surface area contributed by atoms with Gasteiger partial charge in [-0.05, 0) is 24.3 Å². The number of para-hydroxylation sites is 1. The number of nitro groups is 1. The molecule has 0 bridgehead atoms. The van der Waals surface area contributed by atoms with E-state index >= 15 is 0 Å². The van der Waals surface area contributed by atoms with Crippen molar-refractivity contribution in [1.29, 1.82) is 5.26 Å². The number of rotatable bonds is 5. The molecule has 0 fully saturated rings. The zero-order valence-electron chi connectivity index (χ0n) is 12.2. The number of anilines is 2. The maximum atomic E-state index is 12.1. The minimum absolute atomic E-state index is 0.0542. The highest BCUT2D eigenvalue weighted by Crippen LogP contribution is 2.21. The Morgan fingerprint density at radius 2 is 1.88 bits per heavy atom. The van der Waals surface area contributed by atoms with Gasteiger partial charge in [0.2, 0.25) is 0 Å². The van der Waals surface area contributed by atoms with E-state index in [0.717, 1.165) is 0 Å². The minimum Gasteiger partial charge on any atom is -0.360 e. The summed E-state index contributed by atoms with van der Waals surface area (Å²) < 4.78 is 0. The lowest BCUT2D eigenvalue weighted by molar-refractivity contribution is -0.384. The second kappa shape index (κ2) is 7.76. The third-order valence-corrected chi connectivity index (χ3v) is 3.28. The van der Waals surface area contributed by atoms with Gasteiger partial charge >= 0.3 is 0 Å². The van der Waals surface area contributed by atoms with E-state index in [2.05, 4.69) is 10.6 Å². The van der Waals surface area contributed by atoms with Gasteiger partial charge in [0.1, 0.15) is 11.6 Å². The summed E-state index contributed by atoms with van der Waals surface area (Å²) in [6, 6.07) is 14.0. The number of non-ortho nitro benzene ring substituents is 1. The summed E-state index contributed by atoms with van der Waals surface area (Å²) in [7, 11) is 0. The first-order chi connectivity index (χ1) is 11.5. The van der Waals surface area contributed by atoms with E-state index in [9.17, 15) is 14.9 Å². The van der Waals surface area contributed by atoms with Crippen LogP contribution in [0.15, 0.2) is 60.3 Å². The number of halogens is 1. The molecule has 2 N–H and O–H groups in total. The third kappa shape index (κ3) is 4.32. The first-order valence-electron chi connectivity index (χ1n) is 6.68. The molecule has 2 aromatic rings. The van der Waals surface area contributed by atoms with Gasteiger partial charge in [0, 0.05) is 24.0 Å². The molecule has 2 rings (SSSR count). The van der Waals surface area contributed by atoms with Crippen LogP contribution in [0.3, 0.4) is 0 Å². The molecule has 0 aliphatic rings. The summed E-state index contributed by atoms with van der Waals surface area (Å²) in [6.45, 7) is 0. The number of nitriles is 1. The fourth-order valence-corrected chi connectivity index (χ4v) is 1.92. The Hall–Kier alpha value is -3.37. The molecule has 0 atom stereocenters. The monoisotopic (exact) mass is 342 g/mol. The first-order valence-corrected chi connectivity index (χ1v) is 7.06. The number of nitrogens with zero attached hydrogens (tertiary/aromatic N) is 2. The molecule has 0 aliphatic heterocycles. The zero-order chi connectivity index (χ0) is 17.5. The maximum Gasteiger partial charge on any atom is 0.269 e. The molecule has 0 radical (unpaired) electrons. The van der Waals surface area contributed by atoms with Crippen LogP contribution in [0.5, 0.6) is 0 Å². The smallest absolute Gasteiger partial charge is 0.269 e. The normalized spacial score (nSPS) is 10.6. The Labute approximate surface area is 142 Å². The lowest BCUT2D eigenvalue weighted by atomic mass is 10.2. The minimum atomic E-state index is -0.625. The van der Waals surface area contributed by atoms with Crippen molar-refractivity contribution in [1.82, 2.24) is 0 Å². The van der Waals surface area contributed by atoms with Crippen molar-refractivity contribution in [3.8, 4) is 6.07 Å². The van der Waals surface area contributed by atoms with Crippen molar-refractivity contribution in [2.45, 2.75) is 0 Å². The molecular weight excluding hydrogens is 332 g/mol. The maximum absolute atomic E-state index is 12.1. The van der Waals surface area contributed by atoms with E-state index in [4.69, 9.17) is 16.9 Å². The van der Waals surface area contributed by atoms with Gasteiger partial charge in [-0.1, -0.05) is 23.7 Å². The molecule has 0 saturated heterocycles. The van der Waals surface area contributed by atoms with Gasteiger partial charge in [-0.3, -0.25) is 14.9 Å². The summed E-state index contributed by atoms with van der Waals surface area (Å²) in [4.78, 5) is 22.1. The van der Waals surface area contributed by atoms with Crippen LogP contribution in [-0.4, -0.2) is 10.8 Å². The number of carbonyl (C=O) groups is 1. The van der Waals surface area contributed by atoms with Crippen LogP contribution in [-0.2, 0) is 4.79 Å². The number of nitrogens with one attached hydrogen (secondary N) is 2. The van der Waals surface area contributed by atoms with Crippen molar-refractivity contribution >= 4 is 34.6 Å². The van der Waals surface area contributed by atoms with E-state index in [1.54, 1.807) is 30.3 Å². The predicted molar refractivity (Wildman–Crippen MR) is 90.5 cm³/mol. The van der Waals surface area contributed by atoms with Crippen LogP contribution < -0.4 is 10.6 Å². The van der Waals surface area contributed by atoms with Crippen molar-refractivity contribution < 1.29 is 9.72 Å². The molecule has 0 heterocycles. The van der Waals surface area contributed by atoms with E-state index < -0.39 is 10.8 Å². The zero-order valence-corrected chi connectivity index (χ0v) is 12.9. The highest BCUT2D eigenvalue weighted by molar-refractivity contribution is 6.33. The standard InChI is InChI=1S/C16H11ClN4O3/c17-14-3-1-2-4-15(14)20-16(22)11(9-18)10-19-12-5-7-13(8-6-12)21(23)24/h1-8,10,19H,(H,20,22)/b11-10-. The molecule has 1 amide bonds. The second-order valence-electron chi connectivity index (χ2n) is 4.55. The molecule has 2 aromatic carbocycles. The van der Waals surface area contributed by atoms with Crippen molar-refractivity contribution in [3.05, 3.63) is 75.4 Å². The Morgan fingerprint density at radius 1 is 1.21 bits per heavy atom. The number of carbonyl (C=O) groups excluding carboxylic acids is 1. The van der Waals surface area contributed by atoms with Crippen LogP contribution >= 0.6 is 11.6 Å². The third-order valence-electron chi connectivity index (χ3n) is 2.95. The van der Waals surface area contributed by atoms with Gasteiger partial charge in [0.15, 0.2) is 0 Å². The average Bonchev–Trinajstić information content (AvgIpc) is 2.58. The molecule has 0 aromatic heterocycles. The highest BCUT2D eigenvalue weighted by atomic mass is 35.5.